The summed E-state index contributed by atoms with van der Waals surface area (Å²) >= 11 is 0. The van der Waals surface area contributed by atoms with Gasteiger partial charge in [-0.1, -0.05) is 13.8 Å². The normalized spacial score (nSPS) is 20.5. The number of halogens is 2. The van der Waals surface area contributed by atoms with E-state index in [2.05, 4.69) is 4.74 Å². The van der Waals surface area contributed by atoms with Crippen LogP contribution in [-0.2, 0) is 14.0 Å². The van der Waals surface area contributed by atoms with E-state index in [0.717, 1.165) is 0 Å². The first kappa shape index (κ1) is 11.5. The molecule has 14 heavy (non-hydrogen) atoms. The Bertz CT molecular complexity index is 229. The zero-order chi connectivity index (χ0) is 10.8. The summed E-state index contributed by atoms with van der Waals surface area (Å²) in [7, 11) is 0.0963. The van der Waals surface area contributed by atoms with Crippen molar-refractivity contribution in [1.82, 2.24) is 0 Å². The first-order valence-electron chi connectivity index (χ1n) is 4.28. The molecule has 1 saturated heterocycles. The van der Waals surface area contributed by atoms with Crippen LogP contribution in [0.3, 0.4) is 0 Å². The molecule has 1 heterocycles. The second-order valence-corrected chi connectivity index (χ2v) is 3.95. The van der Waals surface area contributed by atoms with Crippen LogP contribution in [0.2, 0.25) is 0 Å². The SMILES string of the molecule is COC(B1OCC(C)(C)CO1)=C(F)F. The van der Waals surface area contributed by atoms with Gasteiger partial charge in [0.2, 0.25) is 0 Å². The zero-order valence-electron chi connectivity index (χ0n) is 8.47. The maximum absolute atomic E-state index is 12.3. The molecular formula is C8H13BF2O3. The van der Waals surface area contributed by atoms with E-state index in [9.17, 15) is 8.78 Å². The fraction of sp³-hybridized carbons (Fsp3) is 0.750. The molecule has 0 saturated carbocycles. The standard InChI is InChI=1S/C8H13BF2O3/c1-8(2)4-13-9(14-5-8)6(12-3)7(10)11/h4-5H2,1-3H3. The predicted octanol–water partition coefficient (Wildman–Crippen LogP) is 1.84. The van der Waals surface area contributed by atoms with E-state index in [-0.39, 0.29) is 5.41 Å². The Balaban J connectivity index is 2.61. The van der Waals surface area contributed by atoms with Gasteiger partial charge >= 0.3 is 13.2 Å². The van der Waals surface area contributed by atoms with E-state index in [1.54, 1.807) is 0 Å². The van der Waals surface area contributed by atoms with Crippen molar-refractivity contribution in [3.05, 3.63) is 11.7 Å². The molecule has 0 N–H and O–H groups in total. The maximum Gasteiger partial charge on any atom is 0.537 e. The van der Waals surface area contributed by atoms with Gasteiger partial charge in [0, 0.05) is 18.6 Å². The molecule has 0 aromatic rings. The quantitative estimate of drug-likeness (QED) is 0.509. The number of hydrogen-bond acceptors (Lipinski definition) is 3. The van der Waals surface area contributed by atoms with Gasteiger partial charge < -0.3 is 14.0 Å². The molecule has 1 rings (SSSR count). The maximum atomic E-state index is 12.3. The van der Waals surface area contributed by atoms with Gasteiger partial charge in [-0.15, -0.1) is 0 Å². The van der Waals surface area contributed by atoms with Gasteiger partial charge in [-0.05, 0) is 0 Å². The van der Waals surface area contributed by atoms with Crippen molar-refractivity contribution in [2.45, 2.75) is 13.8 Å². The third-order valence-corrected chi connectivity index (χ3v) is 1.87. The van der Waals surface area contributed by atoms with Crippen LogP contribution in [0.25, 0.3) is 0 Å². The molecule has 0 unspecified atom stereocenters. The Labute approximate surface area is 82.2 Å². The summed E-state index contributed by atoms with van der Waals surface area (Å²) < 4.78 is 39.3. The van der Waals surface area contributed by atoms with Crippen molar-refractivity contribution in [1.29, 1.82) is 0 Å². The number of ether oxygens (including phenoxy) is 1. The van der Waals surface area contributed by atoms with Crippen LogP contribution in [0.5, 0.6) is 0 Å². The van der Waals surface area contributed by atoms with E-state index >= 15 is 0 Å². The minimum absolute atomic E-state index is 0.137. The van der Waals surface area contributed by atoms with Gasteiger partial charge in [0.15, 0.2) is 5.66 Å². The fourth-order valence-electron chi connectivity index (χ4n) is 1.11. The van der Waals surface area contributed by atoms with Gasteiger partial charge in [0.1, 0.15) is 0 Å². The molecule has 0 aromatic carbocycles. The molecule has 1 aliphatic heterocycles. The van der Waals surface area contributed by atoms with E-state index in [4.69, 9.17) is 9.31 Å². The predicted molar refractivity (Wildman–Crippen MR) is 47.7 cm³/mol. The lowest BCUT2D eigenvalue weighted by atomic mass is 9.82. The molecule has 6 heteroatoms. The summed E-state index contributed by atoms with van der Waals surface area (Å²) in [5, 5.41) is 0. The zero-order valence-corrected chi connectivity index (χ0v) is 8.47. The van der Waals surface area contributed by atoms with Gasteiger partial charge in [0.05, 0.1) is 7.11 Å². The minimum Gasteiger partial charge on any atom is -0.499 e. The molecule has 0 spiro atoms. The molecule has 3 nitrogen and oxygen atoms in total. The molecule has 0 aromatic heterocycles. The summed E-state index contributed by atoms with van der Waals surface area (Å²) in [6, 6.07) is 0. The molecule has 1 aliphatic rings. The molecule has 0 radical (unpaired) electrons. The molecule has 1 fully saturated rings. The summed E-state index contributed by atoms with van der Waals surface area (Å²) in [4.78, 5) is 0. The van der Waals surface area contributed by atoms with Crippen LogP contribution in [-0.4, -0.2) is 27.4 Å². The Morgan fingerprint density at radius 1 is 1.29 bits per heavy atom. The Kier molecular flexibility index (Phi) is 3.50. The van der Waals surface area contributed by atoms with Gasteiger partial charge in [-0.2, -0.15) is 8.78 Å². The molecule has 0 aliphatic carbocycles. The lowest BCUT2D eigenvalue weighted by molar-refractivity contribution is 0.0240. The van der Waals surface area contributed by atoms with Crippen molar-refractivity contribution in [3.63, 3.8) is 0 Å². The number of methoxy groups -OCH3 is 1. The van der Waals surface area contributed by atoms with Crippen molar-refractivity contribution in [2.75, 3.05) is 20.3 Å². The highest BCUT2D eigenvalue weighted by Gasteiger charge is 2.38. The largest absolute Gasteiger partial charge is 0.537 e. The van der Waals surface area contributed by atoms with Crippen LogP contribution >= 0.6 is 0 Å². The highest BCUT2D eigenvalue weighted by Crippen LogP contribution is 2.25. The fourth-order valence-corrected chi connectivity index (χ4v) is 1.11. The van der Waals surface area contributed by atoms with Crippen LogP contribution < -0.4 is 0 Å². The van der Waals surface area contributed by atoms with E-state index in [1.807, 2.05) is 13.8 Å². The monoisotopic (exact) mass is 206 g/mol. The summed E-state index contributed by atoms with van der Waals surface area (Å²) in [5.74, 6) is 0. The molecular weight excluding hydrogens is 193 g/mol. The molecule has 0 bridgehead atoms. The van der Waals surface area contributed by atoms with E-state index in [0.29, 0.717) is 13.2 Å². The number of rotatable bonds is 2. The highest BCUT2D eigenvalue weighted by molar-refractivity contribution is 6.53. The molecule has 0 atom stereocenters. The van der Waals surface area contributed by atoms with Crippen LogP contribution in [0, 0.1) is 5.41 Å². The third kappa shape index (κ3) is 2.68. The lowest BCUT2D eigenvalue weighted by Gasteiger charge is -2.32. The molecule has 80 valence electrons. The van der Waals surface area contributed by atoms with Crippen molar-refractivity contribution < 1.29 is 22.8 Å². The number of hydrogen-bond donors (Lipinski definition) is 0. The van der Waals surface area contributed by atoms with Gasteiger partial charge in [-0.3, -0.25) is 0 Å². The van der Waals surface area contributed by atoms with Crippen LogP contribution in [0.4, 0.5) is 8.78 Å². The first-order chi connectivity index (χ1) is 6.46. The lowest BCUT2D eigenvalue weighted by Crippen LogP contribution is -2.42. The van der Waals surface area contributed by atoms with Crippen molar-refractivity contribution >= 4 is 7.12 Å². The third-order valence-electron chi connectivity index (χ3n) is 1.87. The highest BCUT2D eigenvalue weighted by atomic mass is 19.3. The van der Waals surface area contributed by atoms with Crippen molar-refractivity contribution in [2.24, 2.45) is 5.41 Å². The summed E-state index contributed by atoms with van der Waals surface area (Å²) in [6.45, 7) is 4.62. The minimum atomic E-state index is -1.91. The van der Waals surface area contributed by atoms with E-state index < -0.39 is 18.9 Å². The Morgan fingerprint density at radius 2 is 1.79 bits per heavy atom. The first-order valence-corrected chi connectivity index (χ1v) is 4.28. The van der Waals surface area contributed by atoms with Crippen LogP contribution in [0.1, 0.15) is 13.8 Å². The Morgan fingerprint density at radius 3 is 2.14 bits per heavy atom. The van der Waals surface area contributed by atoms with Gasteiger partial charge in [0.25, 0.3) is 0 Å². The molecule has 0 amide bonds. The van der Waals surface area contributed by atoms with E-state index in [1.165, 1.54) is 7.11 Å². The average Bonchev–Trinajstić information content (AvgIpc) is 2.08. The summed E-state index contributed by atoms with van der Waals surface area (Å²) in [5.41, 5.74) is -0.678. The summed E-state index contributed by atoms with van der Waals surface area (Å²) in [6.07, 6.45) is -1.91. The average molecular weight is 206 g/mol. The Hall–Kier alpha value is -0.615. The van der Waals surface area contributed by atoms with Crippen molar-refractivity contribution in [3.8, 4) is 0 Å². The second kappa shape index (κ2) is 4.27. The van der Waals surface area contributed by atoms with Crippen LogP contribution in [0.15, 0.2) is 11.7 Å². The topological polar surface area (TPSA) is 27.7 Å². The smallest absolute Gasteiger partial charge is 0.499 e. The van der Waals surface area contributed by atoms with Gasteiger partial charge in [-0.25, -0.2) is 0 Å². The second-order valence-electron chi connectivity index (χ2n) is 3.95.